The fraction of sp³-hybridized carbons (Fsp3) is 0.125. The molecule has 2 aromatic carbocycles. The van der Waals surface area contributed by atoms with Crippen LogP contribution in [0.4, 0.5) is 0 Å². The normalized spacial score (nSPS) is 11.0. The zero-order valence-corrected chi connectivity index (χ0v) is 12.8. The van der Waals surface area contributed by atoms with E-state index in [1.807, 2.05) is 31.2 Å². The van der Waals surface area contributed by atoms with Gasteiger partial charge in [0.15, 0.2) is 0 Å². The Labute approximate surface area is 131 Å². The van der Waals surface area contributed by atoms with Crippen LogP contribution < -0.4 is 5.56 Å². The van der Waals surface area contributed by atoms with Crippen molar-refractivity contribution in [1.82, 2.24) is 9.55 Å². The average Bonchev–Trinajstić information content (AvgIpc) is 2.47. The second-order valence-electron chi connectivity index (χ2n) is 4.82. The third kappa shape index (κ3) is 2.67. The number of aryl methyl sites for hydroxylation is 1. The SMILES string of the molecule is Cc1nc2ccccc2c(=O)n1Cc1ccc(Cl)c(Cl)c1. The van der Waals surface area contributed by atoms with Crippen molar-refractivity contribution in [2.24, 2.45) is 0 Å². The summed E-state index contributed by atoms with van der Waals surface area (Å²) in [6.45, 7) is 2.24. The molecule has 0 fully saturated rings. The van der Waals surface area contributed by atoms with Gasteiger partial charge in [0.2, 0.25) is 0 Å². The lowest BCUT2D eigenvalue weighted by Gasteiger charge is -2.11. The molecule has 0 N–H and O–H groups in total. The highest BCUT2D eigenvalue weighted by Gasteiger charge is 2.09. The molecule has 106 valence electrons. The van der Waals surface area contributed by atoms with E-state index in [1.165, 1.54) is 0 Å². The molecule has 0 aliphatic heterocycles. The average molecular weight is 319 g/mol. The summed E-state index contributed by atoms with van der Waals surface area (Å²) in [6.07, 6.45) is 0. The Hall–Kier alpha value is -1.84. The van der Waals surface area contributed by atoms with Crippen LogP contribution in [0.1, 0.15) is 11.4 Å². The molecule has 0 amide bonds. The van der Waals surface area contributed by atoms with Crippen molar-refractivity contribution in [1.29, 1.82) is 0 Å². The van der Waals surface area contributed by atoms with Crippen LogP contribution in [0.5, 0.6) is 0 Å². The van der Waals surface area contributed by atoms with E-state index < -0.39 is 0 Å². The molecule has 1 aromatic heterocycles. The third-order valence-electron chi connectivity index (χ3n) is 3.38. The molecular weight excluding hydrogens is 307 g/mol. The van der Waals surface area contributed by atoms with Crippen molar-refractivity contribution in [3.05, 3.63) is 74.3 Å². The minimum absolute atomic E-state index is 0.0517. The Kier molecular flexibility index (Phi) is 3.70. The summed E-state index contributed by atoms with van der Waals surface area (Å²) in [6, 6.07) is 12.7. The van der Waals surface area contributed by atoms with Crippen molar-refractivity contribution in [3.63, 3.8) is 0 Å². The van der Waals surface area contributed by atoms with E-state index in [2.05, 4.69) is 4.98 Å². The summed E-state index contributed by atoms with van der Waals surface area (Å²) in [5, 5.41) is 1.60. The molecular formula is C16H12Cl2N2O. The first-order valence-electron chi connectivity index (χ1n) is 6.46. The summed E-state index contributed by atoms with van der Waals surface area (Å²) in [5.41, 5.74) is 1.57. The molecule has 0 spiro atoms. The minimum atomic E-state index is -0.0517. The van der Waals surface area contributed by atoms with Crippen molar-refractivity contribution in [2.75, 3.05) is 0 Å². The maximum atomic E-state index is 12.6. The summed E-state index contributed by atoms with van der Waals surface area (Å²) >= 11 is 11.9. The van der Waals surface area contributed by atoms with Gasteiger partial charge in [-0.15, -0.1) is 0 Å². The van der Waals surface area contributed by atoms with Crippen molar-refractivity contribution >= 4 is 34.1 Å². The molecule has 0 aliphatic rings. The number of hydrogen-bond acceptors (Lipinski definition) is 2. The predicted molar refractivity (Wildman–Crippen MR) is 86.3 cm³/mol. The Balaban J connectivity index is 2.12. The standard InChI is InChI=1S/C16H12Cl2N2O/c1-10-19-15-5-3-2-4-12(15)16(21)20(10)9-11-6-7-13(17)14(18)8-11/h2-8H,9H2,1H3. The molecule has 3 nitrogen and oxygen atoms in total. The van der Waals surface area contributed by atoms with Crippen molar-refractivity contribution in [2.45, 2.75) is 13.5 Å². The van der Waals surface area contributed by atoms with Gasteiger partial charge in [-0.2, -0.15) is 0 Å². The number of hydrogen-bond donors (Lipinski definition) is 0. The van der Waals surface area contributed by atoms with E-state index in [0.717, 1.165) is 5.56 Å². The topological polar surface area (TPSA) is 34.9 Å². The smallest absolute Gasteiger partial charge is 0.261 e. The molecule has 0 radical (unpaired) electrons. The predicted octanol–water partition coefficient (Wildman–Crippen LogP) is 4.06. The van der Waals surface area contributed by atoms with E-state index in [0.29, 0.717) is 33.3 Å². The molecule has 0 atom stereocenters. The van der Waals surface area contributed by atoms with Gasteiger partial charge in [0.05, 0.1) is 27.5 Å². The van der Waals surface area contributed by atoms with E-state index in [9.17, 15) is 4.79 Å². The summed E-state index contributed by atoms with van der Waals surface area (Å²) < 4.78 is 1.64. The zero-order valence-electron chi connectivity index (χ0n) is 11.3. The third-order valence-corrected chi connectivity index (χ3v) is 4.12. The van der Waals surface area contributed by atoms with Crippen LogP contribution in [-0.4, -0.2) is 9.55 Å². The number of rotatable bonds is 2. The lowest BCUT2D eigenvalue weighted by molar-refractivity contribution is 0.713. The molecule has 3 aromatic rings. The quantitative estimate of drug-likeness (QED) is 0.714. The lowest BCUT2D eigenvalue weighted by Crippen LogP contribution is -2.24. The molecule has 21 heavy (non-hydrogen) atoms. The highest BCUT2D eigenvalue weighted by atomic mass is 35.5. The van der Waals surface area contributed by atoms with Gasteiger partial charge in [0.25, 0.3) is 5.56 Å². The van der Waals surface area contributed by atoms with Gasteiger partial charge >= 0.3 is 0 Å². The summed E-state index contributed by atoms with van der Waals surface area (Å²) in [5.74, 6) is 0.671. The highest BCUT2D eigenvalue weighted by Crippen LogP contribution is 2.23. The van der Waals surface area contributed by atoms with Gasteiger partial charge in [-0.3, -0.25) is 9.36 Å². The number of para-hydroxylation sites is 1. The molecule has 0 unspecified atom stereocenters. The van der Waals surface area contributed by atoms with E-state index >= 15 is 0 Å². The van der Waals surface area contributed by atoms with Crippen LogP contribution in [0, 0.1) is 6.92 Å². The summed E-state index contributed by atoms with van der Waals surface area (Å²) in [7, 11) is 0. The van der Waals surface area contributed by atoms with Crippen LogP contribution in [-0.2, 0) is 6.54 Å². The van der Waals surface area contributed by atoms with Crippen LogP contribution in [0.25, 0.3) is 10.9 Å². The zero-order chi connectivity index (χ0) is 15.0. The number of nitrogens with zero attached hydrogens (tertiary/aromatic N) is 2. The Bertz CT molecular complexity index is 887. The highest BCUT2D eigenvalue weighted by molar-refractivity contribution is 6.42. The van der Waals surface area contributed by atoms with Crippen LogP contribution in [0.15, 0.2) is 47.3 Å². The first-order valence-corrected chi connectivity index (χ1v) is 7.22. The van der Waals surface area contributed by atoms with Gasteiger partial charge in [-0.05, 0) is 36.8 Å². The van der Waals surface area contributed by atoms with Gasteiger partial charge in [0, 0.05) is 0 Å². The lowest BCUT2D eigenvalue weighted by atomic mass is 10.2. The number of benzene rings is 2. The molecule has 1 heterocycles. The van der Waals surface area contributed by atoms with Gasteiger partial charge in [-0.1, -0.05) is 41.4 Å². The fourth-order valence-corrected chi connectivity index (χ4v) is 2.61. The van der Waals surface area contributed by atoms with Crippen LogP contribution in [0.3, 0.4) is 0 Å². The van der Waals surface area contributed by atoms with Crippen LogP contribution in [0.2, 0.25) is 10.0 Å². The Morgan fingerprint density at radius 3 is 2.62 bits per heavy atom. The maximum Gasteiger partial charge on any atom is 0.261 e. The monoisotopic (exact) mass is 318 g/mol. The van der Waals surface area contributed by atoms with E-state index in [-0.39, 0.29) is 5.56 Å². The molecule has 3 rings (SSSR count). The van der Waals surface area contributed by atoms with Gasteiger partial charge in [0.1, 0.15) is 5.82 Å². The first-order chi connectivity index (χ1) is 10.1. The second kappa shape index (κ2) is 5.51. The molecule has 0 bridgehead atoms. The fourth-order valence-electron chi connectivity index (χ4n) is 2.29. The van der Waals surface area contributed by atoms with E-state index in [1.54, 1.807) is 22.8 Å². The molecule has 5 heteroatoms. The Morgan fingerprint density at radius 2 is 1.86 bits per heavy atom. The van der Waals surface area contributed by atoms with Gasteiger partial charge < -0.3 is 0 Å². The van der Waals surface area contributed by atoms with Crippen LogP contribution >= 0.6 is 23.2 Å². The number of fused-ring (bicyclic) bond motifs is 1. The largest absolute Gasteiger partial charge is 0.292 e. The first kappa shape index (κ1) is 14.1. The molecule has 0 saturated carbocycles. The molecule has 0 aliphatic carbocycles. The summed E-state index contributed by atoms with van der Waals surface area (Å²) in [4.78, 5) is 17.0. The van der Waals surface area contributed by atoms with Crippen molar-refractivity contribution < 1.29 is 0 Å². The molecule has 0 saturated heterocycles. The van der Waals surface area contributed by atoms with Gasteiger partial charge in [-0.25, -0.2) is 4.98 Å². The Morgan fingerprint density at radius 1 is 1.10 bits per heavy atom. The van der Waals surface area contributed by atoms with Crippen molar-refractivity contribution in [3.8, 4) is 0 Å². The maximum absolute atomic E-state index is 12.6. The van der Waals surface area contributed by atoms with E-state index in [4.69, 9.17) is 23.2 Å². The second-order valence-corrected chi connectivity index (χ2v) is 5.63. The number of aromatic nitrogens is 2. The number of halogens is 2. The minimum Gasteiger partial charge on any atom is -0.292 e.